The Labute approximate surface area is 178 Å². The van der Waals surface area contributed by atoms with E-state index >= 15 is 0 Å². The lowest BCUT2D eigenvalue weighted by molar-refractivity contribution is 0.100. The average Bonchev–Trinajstić information content (AvgIpc) is 2.80. The first-order valence-corrected chi connectivity index (χ1v) is 9.56. The molecule has 0 bridgehead atoms. The molecule has 31 heavy (non-hydrogen) atoms. The molecule has 4 aromatic rings. The van der Waals surface area contributed by atoms with Gasteiger partial charge >= 0.3 is 0 Å². The lowest BCUT2D eigenvalue weighted by atomic mass is 9.92. The quantitative estimate of drug-likeness (QED) is 0.419. The Hall–Kier alpha value is -4.38. The van der Waals surface area contributed by atoms with Crippen molar-refractivity contribution in [2.75, 3.05) is 0 Å². The van der Waals surface area contributed by atoms with Crippen LogP contribution in [-0.2, 0) is 0 Å². The van der Waals surface area contributed by atoms with Gasteiger partial charge in [0, 0.05) is 16.7 Å². The molecule has 0 spiro atoms. The number of hydrogen-bond acceptors (Lipinski definition) is 5. The number of hydrogen-bond donors (Lipinski definition) is 2. The molecule has 5 nitrogen and oxygen atoms in total. The third-order valence-corrected chi connectivity index (χ3v) is 4.73. The number of carbonyl (C=O) groups is 2. The molecule has 0 aliphatic carbocycles. The first kappa shape index (κ1) is 19.9. The van der Waals surface area contributed by atoms with Crippen LogP contribution in [0.1, 0.15) is 31.8 Å². The van der Waals surface area contributed by atoms with Crippen LogP contribution in [0.5, 0.6) is 23.0 Å². The highest BCUT2D eigenvalue weighted by Gasteiger charge is 2.24. The van der Waals surface area contributed by atoms with Crippen molar-refractivity contribution in [2.24, 2.45) is 0 Å². The molecule has 0 aromatic heterocycles. The van der Waals surface area contributed by atoms with Gasteiger partial charge in [0.05, 0.1) is 5.56 Å². The molecular weight excluding hydrogens is 392 g/mol. The van der Waals surface area contributed by atoms with Crippen LogP contribution in [-0.4, -0.2) is 21.8 Å². The van der Waals surface area contributed by atoms with Crippen molar-refractivity contribution in [1.29, 1.82) is 0 Å². The van der Waals surface area contributed by atoms with Crippen LogP contribution in [0.3, 0.4) is 0 Å². The fraction of sp³-hybridized carbons (Fsp3) is 0. The van der Waals surface area contributed by atoms with E-state index in [9.17, 15) is 19.8 Å². The minimum Gasteiger partial charge on any atom is -0.508 e. The van der Waals surface area contributed by atoms with Gasteiger partial charge in [-0.3, -0.25) is 9.59 Å². The molecule has 0 aliphatic heterocycles. The van der Waals surface area contributed by atoms with Gasteiger partial charge in [0.2, 0.25) is 0 Å². The molecule has 0 saturated heterocycles. The summed E-state index contributed by atoms with van der Waals surface area (Å²) >= 11 is 0. The number of phenolic OH excluding ortho intramolecular Hbond substituents is 2. The maximum atomic E-state index is 13.4. The van der Waals surface area contributed by atoms with E-state index in [1.165, 1.54) is 48.5 Å². The van der Waals surface area contributed by atoms with E-state index in [2.05, 4.69) is 0 Å². The summed E-state index contributed by atoms with van der Waals surface area (Å²) in [6, 6.07) is 25.5. The third kappa shape index (κ3) is 4.31. The van der Waals surface area contributed by atoms with E-state index in [1.807, 2.05) is 18.2 Å². The first-order chi connectivity index (χ1) is 15.0. The van der Waals surface area contributed by atoms with Crippen LogP contribution >= 0.6 is 0 Å². The minimum atomic E-state index is -0.409. The van der Waals surface area contributed by atoms with Crippen molar-refractivity contribution >= 4 is 11.6 Å². The average molecular weight is 410 g/mol. The monoisotopic (exact) mass is 410 g/mol. The molecule has 0 saturated carbocycles. The predicted octanol–water partition coefficient (Wildman–Crippen LogP) is 5.35. The Kier molecular flexibility index (Phi) is 5.49. The van der Waals surface area contributed by atoms with Gasteiger partial charge in [-0.05, 0) is 66.7 Å². The van der Waals surface area contributed by atoms with E-state index in [0.717, 1.165) is 0 Å². The molecule has 0 radical (unpaired) electrons. The van der Waals surface area contributed by atoms with E-state index in [4.69, 9.17) is 4.74 Å². The van der Waals surface area contributed by atoms with E-state index in [-0.39, 0.29) is 34.2 Å². The second-order valence-electron chi connectivity index (χ2n) is 6.85. The van der Waals surface area contributed by atoms with Crippen molar-refractivity contribution in [1.82, 2.24) is 0 Å². The van der Waals surface area contributed by atoms with Crippen LogP contribution in [0.15, 0.2) is 97.1 Å². The second kappa shape index (κ2) is 8.55. The van der Waals surface area contributed by atoms with Gasteiger partial charge in [-0.25, -0.2) is 0 Å². The molecule has 5 heteroatoms. The maximum absolute atomic E-state index is 13.4. The Morgan fingerprint density at radius 1 is 0.581 bits per heavy atom. The van der Waals surface area contributed by atoms with Crippen LogP contribution in [0.25, 0.3) is 0 Å². The summed E-state index contributed by atoms with van der Waals surface area (Å²) in [6.07, 6.45) is 0. The molecule has 0 heterocycles. The fourth-order valence-electron chi connectivity index (χ4n) is 3.18. The number of aromatic hydroxyl groups is 2. The Bertz CT molecular complexity index is 1230. The molecule has 4 aromatic carbocycles. The molecule has 2 N–H and O–H groups in total. The van der Waals surface area contributed by atoms with Crippen LogP contribution < -0.4 is 4.74 Å². The standard InChI is InChI=1S/C26H18O5/c27-19-13-9-17(10-14-19)25(29)22-7-4-8-23(31-21-5-2-1-3-6-21)24(22)26(30)18-11-15-20(28)16-12-18/h1-16,27-28H. The SMILES string of the molecule is O=C(c1ccc(O)cc1)c1cccc(Oc2ccccc2)c1C(=O)c1ccc(O)cc1. The highest BCUT2D eigenvalue weighted by atomic mass is 16.5. The zero-order valence-electron chi connectivity index (χ0n) is 16.4. The predicted molar refractivity (Wildman–Crippen MR) is 116 cm³/mol. The number of rotatable bonds is 6. The molecule has 152 valence electrons. The molecule has 0 fully saturated rings. The van der Waals surface area contributed by atoms with Crippen molar-refractivity contribution in [2.45, 2.75) is 0 Å². The molecule has 0 atom stereocenters. The van der Waals surface area contributed by atoms with Gasteiger partial charge in [0.1, 0.15) is 23.0 Å². The highest BCUT2D eigenvalue weighted by Crippen LogP contribution is 2.31. The van der Waals surface area contributed by atoms with Gasteiger partial charge in [-0.2, -0.15) is 0 Å². The molecule has 0 amide bonds. The van der Waals surface area contributed by atoms with Gasteiger partial charge in [0.15, 0.2) is 11.6 Å². The van der Waals surface area contributed by atoms with Gasteiger partial charge in [-0.1, -0.05) is 30.3 Å². The zero-order valence-corrected chi connectivity index (χ0v) is 16.4. The smallest absolute Gasteiger partial charge is 0.197 e. The lowest BCUT2D eigenvalue weighted by Crippen LogP contribution is -2.12. The minimum absolute atomic E-state index is 0.0331. The third-order valence-electron chi connectivity index (χ3n) is 4.73. The molecular formula is C26H18O5. The van der Waals surface area contributed by atoms with Crippen molar-refractivity contribution in [3.8, 4) is 23.0 Å². The van der Waals surface area contributed by atoms with Crippen LogP contribution in [0.2, 0.25) is 0 Å². The maximum Gasteiger partial charge on any atom is 0.197 e. The number of para-hydroxylation sites is 1. The van der Waals surface area contributed by atoms with E-state index in [1.54, 1.807) is 30.3 Å². The second-order valence-corrected chi connectivity index (χ2v) is 6.85. The summed E-state index contributed by atoms with van der Waals surface area (Å²) in [5.41, 5.74) is 0.934. The fourth-order valence-corrected chi connectivity index (χ4v) is 3.18. The molecule has 0 unspecified atom stereocenters. The number of phenols is 2. The Morgan fingerprint density at radius 3 is 1.71 bits per heavy atom. The van der Waals surface area contributed by atoms with Crippen molar-refractivity contribution in [3.05, 3.63) is 119 Å². The number of ketones is 2. The summed E-state index contributed by atoms with van der Waals surface area (Å²) in [7, 11) is 0. The van der Waals surface area contributed by atoms with Crippen molar-refractivity contribution < 1.29 is 24.5 Å². The topological polar surface area (TPSA) is 83.8 Å². The molecule has 4 rings (SSSR count). The van der Waals surface area contributed by atoms with E-state index < -0.39 is 5.78 Å². The summed E-state index contributed by atoms with van der Waals surface area (Å²) < 4.78 is 5.96. The Morgan fingerprint density at radius 2 is 1.13 bits per heavy atom. The van der Waals surface area contributed by atoms with E-state index in [0.29, 0.717) is 16.9 Å². The summed E-state index contributed by atoms with van der Waals surface area (Å²) in [5, 5.41) is 19.1. The zero-order chi connectivity index (χ0) is 21.8. The first-order valence-electron chi connectivity index (χ1n) is 9.56. The summed E-state index contributed by atoms with van der Waals surface area (Å²) in [6.45, 7) is 0. The van der Waals surface area contributed by atoms with Crippen molar-refractivity contribution in [3.63, 3.8) is 0 Å². The van der Waals surface area contributed by atoms with Gasteiger partial charge in [-0.15, -0.1) is 0 Å². The Balaban J connectivity index is 1.84. The lowest BCUT2D eigenvalue weighted by Gasteiger charge is -2.15. The normalized spacial score (nSPS) is 10.5. The van der Waals surface area contributed by atoms with Crippen LogP contribution in [0, 0.1) is 0 Å². The summed E-state index contributed by atoms with van der Waals surface area (Å²) in [5.74, 6) is 0.0589. The van der Waals surface area contributed by atoms with Gasteiger partial charge in [0.25, 0.3) is 0 Å². The number of carbonyl (C=O) groups excluding carboxylic acids is 2. The number of ether oxygens (including phenoxy) is 1. The molecule has 0 aliphatic rings. The van der Waals surface area contributed by atoms with Gasteiger partial charge < -0.3 is 14.9 Å². The highest BCUT2D eigenvalue weighted by molar-refractivity contribution is 6.20. The number of benzene rings is 4. The largest absolute Gasteiger partial charge is 0.508 e. The summed E-state index contributed by atoms with van der Waals surface area (Å²) in [4.78, 5) is 26.7. The van der Waals surface area contributed by atoms with Crippen LogP contribution in [0.4, 0.5) is 0 Å².